The molecule has 1 atom stereocenters. The largest absolute Gasteiger partial charge is 0.514 e. The summed E-state index contributed by atoms with van der Waals surface area (Å²) in [5, 5.41) is 0. The van der Waals surface area contributed by atoms with Crippen LogP contribution in [0.5, 0.6) is 5.75 Å². The van der Waals surface area contributed by atoms with Crippen molar-refractivity contribution >= 4 is 6.16 Å². The second-order valence-electron chi connectivity index (χ2n) is 4.31. The molecule has 0 bridgehead atoms. The first-order chi connectivity index (χ1) is 8.24. The fourth-order valence-corrected chi connectivity index (χ4v) is 1.96. The van der Waals surface area contributed by atoms with Crippen molar-refractivity contribution in [2.45, 2.75) is 18.9 Å². The molecule has 0 N–H and O–H groups in total. The van der Waals surface area contributed by atoms with Crippen LogP contribution in [0.2, 0.25) is 0 Å². The zero-order valence-electron chi connectivity index (χ0n) is 9.96. The molecule has 0 spiro atoms. The van der Waals surface area contributed by atoms with E-state index in [9.17, 15) is 4.79 Å². The van der Waals surface area contributed by atoms with Crippen molar-refractivity contribution in [3.8, 4) is 5.75 Å². The van der Waals surface area contributed by atoms with Gasteiger partial charge in [-0.3, -0.25) is 0 Å². The van der Waals surface area contributed by atoms with Crippen molar-refractivity contribution in [3.05, 3.63) is 30.3 Å². The highest BCUT2D eigenvalue weighted by Crippen LogP contribution is 2.14. The van der Waals surface area contributed by atoms with E-state index < -0.39 is 6.16 Å². The summed E-state index contributed by atoms with van der Waals surface area (Å²) in [4.78, 5) is 13.7. The fraction of sp³-hybridized carbons (Fsp3) is 0.462. The quantitative estimate of drug-likeness (QED) is 0.582. The lowest BCUT2D eigenvalue weighted by Crippen LogP contribution is -2.38. The third-order valence-corrected chi connectivity index (χ3v) is 2.79. The van der Waals surface area contributed by atoms with E-state index in [1.54, 1.807) is 12.1 Å². The smallest absolute Gasteiger partial charge is 0.429 e. The van der Waals surface area contributed by atoms with Gasteiger partial charge in [0.1, 0.15) is 11.9 Å². The van der Waals surface area contributed by atoms with Gasteiger partial charge in [-0.05, 0) is 38.6 Å². The van der Waals surface area contributed by atoms with E-state index in [2.05, 4.69) is 4.90 Å². The maximum Gasteiger partial charge on any atom is 0.514 e. The maximum absolute atomic E-state index is 11.5. The van der Waals surface area contributed by atoms with E-state index in [-0.39, 0.29) is 6.10 Å². The standard InChI is InChI=1S/C13H17NO3/c1-14-9-5-8-12(10-14)17-13(15)16-11-6-3-2-4-7-11/h2-4,6-7,12H,5,8-10H2,1H3. The lowest BCUT2D eigenvalue weighted by molar-refractivity contribution is 0.0242. The van der Waals surface area contributed by atoms with Gasteiger partial charge in [-0.15, -0.1) is 0 Å². The summed E-state index contributed by atoms with van der Waals surface area (Å²) in [6.45, 7) is 1.84. The molecule has 4 nitrogen and oxygen atoms in total. The third-order valence-electron chi connectivity index (χ3n) is 2.79. The number of likely N-dealkylation sites (N-methyl/N-ethyl adjacent to an activating group) is 1. The van der Waals surface area contributed by atoms with Crippen LogP contribution in [0, 0.1) is 0 Å². The van der Waals surface area contributed by atoms with Gasteiger partial charge in [0.25, 0.3) is 0 Å². The predicted molar refractivity (Wildman–Crippen MR) is 64.1 cm³/mol. The molecule has 0 radical (unpaired) electrons. The number of rotatable bonds is 2. The molecule has 1 heterocycles. The normalized spacial score (nSPS) is 20.9. The Labute approximate surface area is 101 Å². The number of nitrogens with zero attached hydrogens (tertiary/aromatic N) is 1. The molecule has 92 valence electrons. The van der Waals surface area contributed by atoms with Crippen molar-refractivity contribution in [1.29, 1.82) is 0 Å². The molecule has 0 saturated carbocycles. The number of carbonyl (C=O) groups is 1. The van der Waals surface area contributed by atoms with Crippen molar-refractivity contribution < 1.29 is 14.3 Å². The van der Waals surface area contributed by atoms with E-state index in [4.69, 9.17) is 9.47 Å². The van der Waals surface area contributed by atoms with Crippen LogP contribution in [0.1, 0.15) is 12.8 Å². The van der Waals surface area contributed by atoms with Crippen molar-refractivity contribution in [3.63, 3.8) is 0 Å². The van der Waals surface area contributed by atoms with Gasteiger partial charge in [-0.25, -0.2) is 4.79 Å². The number of ether oxygens (including phenoxy) is 2. The molecule has 0 amide bonds. The molecule has 0 aromatic heterocycles. The molecule has 4 heteroatoms. The molecular formula is C13H17NO3. The Morgan fingerprint density at radius 2 is 2.12 bits per heavy atom. The lowest BCUT2D eigenvalue weighted by Gasteiger charge is -2.28. The van der Waals surface area contributed by atoms with E-state index in [1.807, 2.05) is 25.2 Å². The monoisotopic (exact) mass is 235 g/mol. The third kappa shape index (κ3) is 3.75. The van der Waals surface area contributed by atoms with Gasteiger partial charge in [-0.2, -0.15) is 0 Å². The number of para-hydroxylation sites is 1. The minimum Gasteiger partial charge on any atom is -0.429 e. The van der Waals surface area contributed by atoms with Crippen molar-refractivity contribution in [2.75, 3.05) is 20.1 Å². The number of piperidine rings is 1. The Bertz CT molecular complexity index is 366. The molecule has 17 heavy (non-hydrogen) atoms. The van der Waals surface area contributed by atoms with E-state index in [1.165, 1.54) is 0 Å². The van der Waals surface area contributed by atoms with Gasteiger partial charge >= 0.3 is 6.16 Å². The first-order valence-corrected chi connectivity index (χ1v) is 5.86. The molecule has 0 aliphatic carbocycles. The Kier molecular flexibility index (Phi) is 3.98. The first kappa shape index (κ1) is 11.9. The van der Waals surface area contributed by atoms with E-state index in [0.717, 1.165) is 25.9 Å². The molecule has 1 aliphatic heterocycles. The number of benzene rings is 1. The average molecular weight is 235 g/mol. The second kappa shape index (κ2) is 5.68. The van der Waals surface area contributed by atoms with Crippen LogP contribution in [0.4, 0.5) is 4.79 Å². The maximum atomic E-state index is 11.5. The molecule has 1 aliphatic rings. The van der Waals surface area contributed by atoms with Gasteiger partial charge in [0.05, 0.1) is 0 Å². The van der Waals surface area contributed by atoms with Crippen LogP contribution < -0.4 is 4.74 Å². The van der Waals surface area contributed by atoms with E-state index in [0.29, 0.717) is 5.75 Å². The number of hydrogen-bond donors (Lipinski definition) is 0. The molecular weight excluding hydrogens is 218 g/mol. The SMILES string of the molecule is CN1CCCC(OC(=O)Oc2ccccc2)C1. The van der Waals surface area contributed by atoms with Crippen molar-refractivity contribution in [1.82, 2.24) is 4.90 Å². The predicted octanol–water partition coefficient (Wildman–Crippen LogP) is 2.30. The van der Waals surface area contributed by atoms with Gasteiger partial charge in [-0.1, -0.05) is 18.2 Å². The minimum absolute atomic E-state index is 0.0510. The molecule has 1 fully saturated rings. The van der Waals surface area contributed by atoms with Crippen LogP contribution in [-0.4, -0.2) is 37.3 Å². The lowest BCUT2D eigenvalue weighted by atomic mass is 10.1. The highest BCUT2D eigenvalue weighted by atomic mass is 16.7. The summed E-state index contributed by atoms with van der Waals surface area (Å²) >= 11 is 0. The first-order valence-electron chi connectivity index (χ1n) is 5.86. The Morgan fingerprint density at radius 1 is 1.35 bits per heavy atom. The fourth-order valence-electron chi connectivity index (χ4n) is 1.96. The van der Waals surface area contributed by atoms with Crippen LogP contribution in [0.3, 0.4) is 0 Å². The number of hydrogen-bond acceptors (Lipinski definition) is 4. The summed E-state index contributed by atoms with van der Waals surface area (Å²) in [6.07, 6.45) is 1.30. The van der Waals surface area contributed by atoms with Gasteiger partial charge < -0.3 is 14.4 Å². The van der Waals surface area contributed by atoms with Crippen molar-refractivity contribution in [2.24, 2.45) is 0 Å². The van der Waals surface area contributed by atoms with Gasteiger partial charge in [0.2, 0.25) is 0 Å². The average Bonchev–Trinajstić information content (AvgIpc) is 2.30. The zero-order valence-corrected chi connectivity index (χ0v) is 9.96. The number of carbonyl (C=O) groups excluding carboxylic acids is 1. The summed E-state index contributed by atoms with van der Waals surface area (Å²) in [5.41, 5.74) is 0. The summed E-state index contributed by atoms with van der Waals surface area (Å²) in [6, 6.07) is 8.96. The molecule has 1 unspecified atom stereocenters. The summed E-state index contributed by atoms with van der Waals surface area (Å²) in [7, 11) is 2.03. The van der Waals surface area contributed by atoms with E-state index >= 15 is 0 Å². The topological polar surface area (TPSA) is 38.8 Å². The second-order valence-corrected chi connectivity index (χ2v) is 4.31. The molecule has 1 aromatic rings. The van der Waals surface area contributed by atoms with Crippen LogP contribution in [0.15, 0.2) is 30.3 Å². The Morgan fingerprint density at radius 3 is 2.82 bits per heavy atom. The highest BCUT2D eigenvalue weighted by molar-refractivity contribution is 5.63. The Balaban J connectivity index is 1.81. The number of likely N-dealkylation sites (tertiary alicyclic amines) is 1. The highest BCUT2D eigenvalue weighted by Gasteiger charge is 2.21. The summed E-state index contributed by atoms with van der Waals surface area (Å²) in [5.74, 6) is 0.515. The zero-order chi connectivity index (χ0) is 12.1. The Hall–Kier alpha value is -1.55. The van der Waals surface area contributed by atoms with Gasteiger partial charge in [0, 0.05) is 6.54 Å². The molecule has 1 aromatic carbocycles. The van der Waals surface area contributed by atoms with Gasteiger partial charge in [0.15, 0.2) is 0 Å². The van der Waals surface area contributed by atoms with Crippen LogP contribution in [0.25, 0.3) is 0 Å². The van der Waals surface area contributed by atoms with Crippen LogP contribution >= 0.6 is 0 Å². The summed E-state index contributed by atoms with van der Waals surface area (Å²) < 4.78 is 10.3. The minimum atomic E-state index is -0.614. The molecule has 1 saturated heterocycles. The van der Waals surface area contributed by atoms with Crippen LogP contribution in [-0.2, 0) is 4.74 Å². The molecule has 2 rings (SSSR count).